The highest BCUT2D eigenvalue weighted by Gasteiger charge is 2.27. The van der Waals surface area contributed by atoms with E-state index >= 15 is 0 Å². The van der Waals surface area contributed by atoms with E-state index in [4.69, 9.17) is 0 Å². The molecule has 0 bridgehead atoms. The number of piperidine rings is 1. The molecule has 0 amide bonds. The smallest absolute Gasteiger partial charge is 0.168 e. The Kier molecular flexibility index (Phi) is 5.47. The lowest BCUT2D eigenvalue weighted by molar-refractivity contribution is 0.0808. The molecular formula is C19H22N2OS. The summed E-state index contributed by atoms with van der Waals surface area (Å²) in [5, 5.41) is 0. The van der Waals surface area contributed by atoms with Crippen LogP contribution in [0.1, 0.15) is 28.8 Å². The second-order valence-corrected chi connectivity index (χ2v) is 6.85. The van der Waals surface area contributed by atoms with Gasteiger partial charge in [0.1, 0.15) is 0 Å². The minimum absolute atomic E-state index is 0.105. The lowest BCUT2D eigenvalue weighted by atomic mass is 9.90. The van der Waals surface area contributed by atoms with E-state index < -0.39 is 0 Å². The Balaban J connectivity index is 1.69. The van der Waals surface area contributed by atoms with Crippen molar-refractivity contribution in [1.82, 2.24) is 9.88 Å². The topological polar surface area (TPSA) is 33.2 Å². The van der Waals surface area contributed by atoms with Gasteiger partial charge in [-0.2, -0.15) is 0 Å². The van der Waals surface area contributed by atoms with Crippen molar-refractivity contribution >= 4 is 17.5 Å². The Morgan fingerprint density at radius 2 is 2.17 bits per heavy atom. The van der Waals surface area contributed by atoms with Gasteiger partial charge in [-0.3, -0.25) is 14.7 Å². The summed E-state index contributed by atoms with van der Waals surface area (Å²) in [6, 6.07) is 12.0. The lowest BCUT2D eigenvalue weighted by Crippen LogP contribution is -2.38. The van der Waals surface area contributed by atoms with Gasteiger partial charge in [-0.25, -0.2) is 0 Å². The molecule has 1 aromatic carbocycles. The molecule has 0 radical (unpaired) electrons. The van der Waals surface area contributed by atoms with E-state index in [0.29, 0.717) is 5.78 Å². The van der Waals surface area contributed by atoms with Gasteiger partial charge in [0.25, 0.3) is 0 Å². The van der Waals surface area contributed by atoms with E-state index in [1.165, 1.54) is 5.56 Å². The number of pyridine rings is 1. The fourth-order valence-electron chi connectivity index (χ4n) is 3.23. The van der Waals surface area contributed by atoms with Crippen LogP contribution in [0.15, 0.2) is 53.7 Å². The van der Waals surface area contributed by atoms with E-state index in [9.17, 15) is 4.79 Å². The molecule has 3 nitrogen and oxygen atoms in total. The van der Waals surface area contributed by atoms with Crippen LogP contribution >= 0.6 is 11.8 Å². The number of ketones is 1. The van der Waals surface area contributed by atoms with Gasteiger partial charge in [-0.05, 0) is 43.3 Å². The van der Waals surface area contributed by atoms with Gasteiger partial charge in [0, 0.05) is 41.9 Å². The molecule has 3 rings (SSSR count). The Hall–Kier alpha value is -1.65. The van der Waals surface area contributed by atoms with Gasteiger partial charge < -0.3 is 0 Å². The first-order chi connectivity index (χ1) is 11.3. The molecule has 1 aliphatic heterocycles. The number of hydrogen-bond donors (Lipinski definition) is 0. The normalized spacial score (nSPS) is 18.7. The van der Waals surface area contributed by atoms with Crippen LogP contribution in [0.3, 0.4) is 0 Å². The summed E-state index contributed by atoms with van der Waals surface area (Å²) in [4.78, 5) is 20.6. The molecule has 1 saturated heterocycles. The number of carbonyl (C=O) groups excluding carboxylic acids is 1. The Morgan fingerprint density at radius 1 is 1.30 bits per heavy atom. The van der Waals surface area contributed by atoms with Crippen molar-refractivity contribution < 1.29 is 4.79 Å². The standard InChI is InChI=1S/C19H22N2OS/c1-23-18-9-3-2-8-17(18)19(22)16-7-5-11-21(14-16)13-15-6-4-10-20-12-15/h2-4,6,8-10,12,16H,5,7,11,13-14H2,1H3/t16-/m0/s1. The SMILES string of the molecule is CSc1ccccc1C(=O)[C@H]1CCCN(Cc2cccnc2)C1. The van der Waals surface area contributed by atoms with E-state index in [-0.39, 0.29) is 5.92 Å². The van der Waals surface area contributed by atoms with Gasteiger partial charge in [-0.15, -0.1) is 11.8 Å². The quantitative estimate of drug-likeness (QED) is 0.616. The predicted molar refractivity (Wildman–Crippen MR) is 94.8 cm³/mol. The minimum atomic E-state index is 0.105. The van der Waals surface area contributed by atoms with Crippen LogP contribution in [0.25, 0.3) is 0 Å². The largest absolute Gasteiger partial charge is 0.298 e. The molecule has 1 atom stereocenters. The summed E-state index contributed by atoms with van der Waals surface area (Å²) < 4.78 is 0. The molecule has 1 fully saturated rings. The zero-order valence-corrected chi connectivity index (χ0v) is 14.3. The van der Waals surface area contributed by atoms with Gasteiger partial charge in [0.05, 0.1) is 0 Å². The van der Waals surface area contributed by atoms with Crippen molar-refractivity contribution in [3.8, 4) is 0 Å². The molecule has 1 aliphatic rings. The summed E-state index contributed by atoms with van der Waals surface area (Å²) in [6.45, 7) is 2.78. The first kappa shape index (κ1) is 16.2. The van der Waals surface area contributed by atoms with Crippen LogP contribution in [0, 0.1) is 5.92 Å². The summed E-state index contributed by atoms with van der Waals surface area (Å²) in [6.07, 6.45) is 7.81. The number of rotatable bonds is 5. The minimum Gasteiger partial charge on any atom is -0.298 e. The van der Waals surface area contributed by atoms with Gasteiger partial charge in [0.2, 0.25) is 0 Å². The fraction of sp³-hybridized carbons (Fsp3) is 0.368. The number of carbonyl (C=O) groups is 1. The average Bonchev–Trinajstić information content (AvgIpc) is 2.62. The second kappa shape index (κ2) is 7.75. The van der Waals surface area contributed by atoms with Crippen LogP contribution in [-0.2, 0) is 6.54 Å². The van der Waals surface area contributed by atoms with Crippen molar-refractivity contribution in [3.05, 3.63) is 59.9 Å². The number of thioether (sulfide) groups is 1. The van der Waals surface area contributed by atoms with Gasteiger partial charge in [0.15, 0.2) is 5.78 Å². The van der Waals surface area contributed by atoms with Gasteiger partial charge >= 0.3 is 0 Å². The summed E-state index contributed by atoms with van der Waals surface area (Å²) >= 11 is 1.65. The van der Waals surface area contributed by atoms with Crippen LogP contribution in [0.2, 0.25) is 0 Å². The van der Waals surface area contributed by atoms with Crippen molar-refractivity contribution in [2.24, 2.45) is 5.92 Å². The maximum Gasteiger partial charge on any atom is 0.168 e. The molecule has 120 valence electrons. The fourth-order valence-corrected chi connectivity index (χ4v) is 3.83. The number of Topliss-reactive ketones (excluding diaryl/α,β-unsaturated/α-hetero) is 1. The maximum absolute atomic E-state index is 12.9. The third-order valence-corrected chi connectivity index (χ3v) is 5.17. The zero-order valence-electron chi connectivity index (χ0n) is 13.4. The van der Waals surface area contributed by atoms with E-state index in [1.54, 1.807) is 18.0 Å². The number of aromatic nitrogens is 1. The first-order valence-corrected chi connectivity index (χ1v) is 9.29. The summed E-state index contributed by atoms with van der Waals surface area (Å²) in [7, 11) is 0. The van der Waals surface area contributed by atoms with E-state index in [1.807, 2.05) is 42.8 Å². The third kappa shape index (κ3) is 4.01. The highest BCUT2D eigenvalue weighted by molar-refractivity contribution is 7.98. The molecule has 0 saturated carbocycles. The molecule has 1 aromatic heterocycles. The monoisotopic (exact) mass is 326 g/mol. The van der Waals surface area contributed by atoms with Crippen LogP contribution < -0.4 is 0 Å². The number of hydrogen-bond acceptors (Lipinski definition) is 4. The Labute approximate surface area is 142 Å². The maximum atomic E-state index is 12.9. The number of benzene rings is 1. The zero-order chi connectivity index (χ0) is 16.1. The van der Waals surface area contributed by atoms with Crippen LogP contribution in [-0.4, -0.2) is 35.0 Å². The molecule has 4 heteroatoms. The Morgan fingerprint density at radius 3 is 2.96 bits per heavy atom. The van der Waals surface area contributed by atoms with Crippen molar-refractivity contribution in [2.45, 2.75) is 24.3 Å². The average molecular weight is 326 g/mol. The lowest BCUT2D eigenvalue weighted by Gasteiger charge is -2.32. The summed E-state index contributed by atoms with van der Waals surface area (Å²) in [5.41, 5.74) is 2.10. The molecule has 23 heavy (non-hydrogen) atoms. The van der Waals surface area contributed by atoms with E-state index in [0.717, 1.165) is 42.9 Å². The highest BCUT2D eigenvalue weighted by Crippen LogP contribution is 2.27. The van der Waals surface area contributed by atoms with Crippen LogP contribution in [0.5, 0.6) is 0 Å². The van der Waals surface area contributed by atoms with Crippen molar-refractivity contribution in [1.29, 1.82) is 0 Å². The molecule has 2 heterocycles. The predicted octanol–water partition coefficient (Wildman–Crippen LogP) is 3.90. The highest BCUT2D eigenvalue weighted by atomic mass is 32.2. The number of likely N-dealkylation sites (tertiary alicyclic amines) is 1. The molecule has 0 unspecified atom stereocenters. The van der Waals surface area contributed by atoms with Gasteiger partial charge in [-0.1, -0.05) is 24.3 Å². The third-order valence-electron chi connectivity index (χ3n) is 4.38. The first-order valence-electron chi connectivity index (χ1n) is 8.06. The van der Waals surface area contributed by atoms with Crippen molar-refractivity contribution in [3.63, 3.8) is 0 Å². The summed E-state index contributed by atoms with van der Waals surface area (Å²) in [5.74, 6) is 0.402. The molecule has 0 spiro atoms. The molecule has 2 aromatic rings. The van der Waals surface area contributed by atoms with Crippen LogP contribution in [0.4, 0.5) is 0 Å². The van der Waals surface area contributed by atoms with E-state index in [2.05, 4.69) is 16.0 Å². The van der Waals surface area contributed by atoms with Crippen molar-refractivity contribution in [2.75, 3.05) is 19.3 Å². The number of nitrogens with zero attached hydrogens (tertiary/aromatic N) is 2. The Bertz CT molecular complexity index is 659. The second-order valence-electron chi connectivity index (χ2n) is 6.00. The molecule has 0 N–H and O–H groups in total. The molecule has 0 aliphatic carbocycles. The molecular weight excluding hydrogens is 304 g/mol.